The van der Waals surface area contributed by atoms with Gasteiger partial charge in [-0.2, -0.15) is 0 Å². The van der Waals surface area contributed by atoms with Crippen molar-refractivity contribution >= 4 is 28.8 Å². The third-order valence-electron chi connectivity index (χ3n) is 2.42. The van der Waals surface area contributed by atoms with Crippen molar-refractivity contribution in [3.05, 3.63) is 28.8 Å². The highest BCUT2D eigenvalue weighted by molar-refractivity contribution is 7.80. The smallest absolute Gasteiger partial charge is 0.123 e. The molecule has 0 saturated heterocycles. The van der Waals surface area contributed by atoms with E-state index in [9.17, 15) is 0 Å². The van der Waals surface area contributed by atoms with Crippen molar-refractivity contribution in [1.29, 1.82) is 0 Å². The first-order chi connectivity index (χ1) is 8.02. The van der Waals surface area contributed by atoms with Crippen LogP contribution in [0.3, 0.4) is 0 Å². The van der Waals surface area contributed by atoms with Crippen molar-refractivity contribution in [2.75, 3.05) is 20.7 Å². The monoisotopic (exact) mass is 272 g/mol. The normalized spacial score (nSPS) is 10.6. The lowest BCUT2D eigenvalue weighted by atomic mass is 10.2. The molecule has 17 heavy (non-hydrogen) atoms. The average Bonchev–Trinajstić information content (AvgIpc) is 2.27. The molecule has 1 aromatic carbocycles. The van der Waals surface area contributed by atoms with Crippen LogP contribution in [0.4, 0.5) is 0 Å². The molecular formula is C12H17ClN2OS. The van der Waals surface area contributed by atoms with Crippen LogP contribution < -0.4 is 10.5 Å². The van der Waals surface area contributed by atoms with Gasteiger partial charge in [0.05, 0.1) is 12.1 Å². The number of nitrogens with zero attached hydrogens (tertiary/aromatic N) is 1. The standard InChI is InChI=1S/C12H17ClN2OS/c1-15(6-5-12(14)17)8-9-7-10(13)3-4-11(9)16-2/h3-4,7H,5-6,8H2,1-2H3,(H2,14,17). The lowest BCUT2D eigenvalue weighted by molar-refractivity contribution is 0.326. The number of benzene rings is 1. The lowest BCUT2D eigenvalue weighted by Gasteiger charge is -2.18. The molecule has 0 amide bonds. The molecule has 0 bridgehead atoms. The first kappa shape index (κ1) is 14.2. The molecule has 0 aliphatic heterocycles. The van der Waals surface area contributed by atoms with Crippen LogP contribution in [0.5, 0.6) is 5.75 Å². The lowest BCUT2D eigenvalue weighted by Crippen LogP contribution is -2.23. The van der Waals surface area contributed by atoms with E-state index in [2.05, 4.69) is 4.90 Å². The van der Waals surface area contributed by atoms with Gasteiger partial charge in [0, 0.05) is 30.1 Å². The van der Waals surface area contributed by atoms with E-state index >= 15 is 0 Å². The third-order valence-corrected chi connectivity index (χ3v) is 2.86. The van der Waals surface area contributed by atoms with Gasteiger partial charge in [-0.25, -0.2) is 0 Å². The molecule has 3 nitrogen and oxygen atoms in total. The molecular weight excluding hydrogens is 256 g/mol. The minimum Gasteiger partial charge on any atom is -0.496 e. The van der Waals surface area contributed by atoms with Gasteiger partial charge in [-0.3, -0.25) is 0 Å². The maximum atomic E-state index is 5.97. The van der Waals surface area contributed by atoms with Crippen LogP contribution in [0.2, 0.25) is 5.02 Å². The van der Waals surface area contributed by atoms with Crippen molar-refractivity contribution < 1.29 is 4.74 Å². The molecule has 94 valence electrons. The summed E-state index contributed by atoms with van der Waals surface area (Å²) in [6.07, 6.45) is 0.717. The number of hydrogen-bond donors (Lipinski definition) is 1. The molecule has 0 spiro atoms. The maximum absolute atomic E-state index is 5.97. The third kappa shape index (κ3) is 4.89. The van der Waals surface area contributed by atoms with Crippen LogP contribution in [0.1, 0.15) is 12.0 Å². The summed E-state index contributed by atoms with van der Waals surface area (Å²) in [7, 11) is 3.67. The van der Waals surface area contributed by atoms with Gasteiger partial charge in [0.1, 0.15) is 5.75 Å². The quantitative estimate of drug-likeness (QED) is 0.808. The molecule has 0 unspecified atom stereocenters. The van der Waals surface area contributed by atoms with Crippen molar-refractivity contribution in [2.45, 2.75) is 13.0 Å². The van der Waals surface area contributed by atoms with Crippen LogP contribution in [-0.4, -0.2) is 30.6 Å². The average molecular weight is 273 g/mol. The summed E-state index contributed by atoms with van der Waals surface area (Å²) in [5, 5.41) is 0.712. The largest absolute Gasteiger partial charge is 0.496 e. The Balaban J connectivity index is 2.66. The second kappa shape index (κ2) is 6.79. The van der Waals surface area contributed by atoms with Gasteiger partial charge in [0.2, 0.25) is 0 Å². The van der Waals surface area contributed by atoms with Crippen molar-refractivity contribution in [3.8, 4) is 5.75 Å². The number of hydrogen-bond acceptors (Lipinski definition) is 3. The molecule has 0 atom stereocenters. The molecule has 1 rings (SSSR count). The van der Waals surface area contributed by atoms with Gasteiger partial charge in [0.15, 0.2) is 0 Å². The van der Waals surface area contributed by atoms with Crippen molar-refractivity contribution in [1.82, 2.24) is 4.90 Å². The fourth-order valence-electron chi connectivity index (χ4n) is 1.54. The Hall–Kier alpha value is -0.840. The Morgan fingerprint density at radius 1 is 1.53 bits per heavy atom. The minimum atomic E-state index is 0.537. The van der Waals surface area contributed by atoms with Gasteiger partial charge in [-0.05, 0) is 25.2 Å². The highest BCUT2D eigenvalue weighted by Gasteiger charge is 2.07. The topological polar surface area (TPSA) is 38.5 Å². The summed E-state index contributed by atoms with van der Waals surface area (Å²) in [6, 6.07) is 5.61. The zero-order valence-electron chi connectivity index (χ0n) is 10.1. The zero-order valence-corrected chi connectivity index (χ0v) is 11.6. The highest BCUT2D eigenvalue weighted by Crippen LogP contribution is 2.23. The van der Waals surface area contributed by atoms with E-state index in [4.69, 9.17) is 34.3 Å². The number of nitrogens with two attached hydrogens (primary N) is 1. The van der Waals surface area contributed by atoms with Gasteiger partial charge >= 0.3 is 0 Å². The molecule has 0 aliphatic carbocycles. The molecule has 0 aromatic heterocycles. The zero-order chi connectivity index (χ0) is 12.8. The Morgan fingerprint density at radius 2 is 2.24 bits per heavy atom. The van der Waals surface area contributed by atoms with Gasteiger partial charge in [0.25, 0.3) is 0 Å². The van der Waals surface area contributed by atoms with E-state index in [-0.39, 0.29) is 0 Å². The van der Waals surface area contributed by atoms with E-state index in [0.717, 1.165) is 24.4 Å². The number of ether oxygens (including phenoxy) is 1. The maximum Gasteiger partial charge on any atom is 0.123 e. The summed E-state index contributed by atoms with van der Waals surface area (Å²) < 4.78 is 5.29. The number of halogens is 1. The Morgan fingerprint density at radius 3 is 2.82 bits per heavy atom. The molecule has 1 aromatic rings. The highest BCUT2D eigenvalue weighted by atomic mass is 35.5. The van der Waals surface area contributed by atoms with E-state index in [1.54, 1.807) is 7.11 Å². The number of rotatable bonds is 6. The fourth-order valence-corrected chi connectivity index (χ4v) is 1.83. The predicted molar refractivity (Wildman–Crippen MR) is 75.7 cm³/mol. The van der Waals surface area contributed by atoms with Gasteiger partial charge < -0.3 is 15.4 Å². The van der Waals surface area contributed by atoms with Crippen LogP contribution in [0.25, 0.3) is 0 Å². The summed E-state index contributed by atoms with van der Waals surface area (Å²) in [6.45, 7) is 1.58. The minimum absolute atomic E-state index is 0.537. The molecule has 5 heteroatoms. The van der Waals surface area contributed by atoms with Crippen molar-refractivity contribution in [3.63, 3.8) is 0 Å². The summed E-state index contributed by atoms with van der Waals surface area (Å²) in [4.78, 5) is 2.67. The fraction of sp³-hybridized carbons (Fsp3) is 0.417. The van der Waals surface area contributed by atoms with Crippen LogP contribution in [0, 0.1) is 0 Å². The second-order valence-corrected chi connectivity index (χ2v) is 4.87. The molecule has 0 fully saturated rings. The molecule has 0 aliphatic rings. The van der Waals surface area contributed by atoms with E-state index in [1.807, 2.05) is 25.2 Å². The predicted octanol–water partition coefficient (Wildman–Crippen LogP) is 2.46. The SMILES string of the molecule is COc1ccc(Cl)cc1CN(C)CCC(N)=S. The Kier molecular flexibility index (Phi) is 5.68. The number of thiocarbonyl (C=S) groups is 1. The van der Waals surface area contributed by atoms with Crippen LogP contribution in [0.15, 0.2) is 18.2 Å². The van der Waals surface area contributed by atoms with E-state index < -0.39 is 0 Å². The Bertz CT molecular complexity index is 398. The van der Waals surface area contributed by atoms with E-state index in [1.165, 1.54) is 0 Å². The summed E-state index contributed by atoms with van der Waals surface area (Å²) in [5.41, 5.74) is 6.53. The van der Waals surface area contributed by atoms with Crippen LogP contribution in [-0.2, 0) is 6.54 Å². The molecule has 0 heterocycles. The first-order valence-corrected chi connectivity index (χ1v) is 6.11. The van der Waals surface area contributed by atoms with Gasteiger partial charge in [-0.15, -0.1) is 0 Å². The molecule has 0 saturated carbocycles. The molecule has 2 N–H and O–H groups in total. The van der Waals surface area contributed by atoms with Crippen molar-refractivity contribution in [2.24, 2.45) is 5.73 Å². The summed E-state index contributed by atoms with van der Waals surface area (Å²) in [5.74, 6) is 0.844. The number of methoxy groups -OCH3 is 1. The Labute approximate surface area is 112 Å². The second-order valence-electron chi connectivity index (χ2n) is 3.91. The summed E-state index contributed by atoms with van der Waals surface area (Å²) >= 11 is 10.8. The first-order valence-electron chi connectivity index (χ1n) is 5.32. The van der Waals surface area contributed by atoms with Crippen LogP contribution >= 0.6 is 23.8 Å². The molecule has 0 radical (unpaired) electrons. The van der Waals surface area contributed by atoms with E-state index in [0.29, 0.717) is 16.4 Å². The van der Waals surface area contributed by atoms with Gasteiger partial charge in [-0.1, -0.05) is 23.8 Å².